The van der Waals surface area contributed by atoms with Crippen molar-refractivity contribution in [2.75, 3.05) is 19.6 Å². The van der Waals surface area contributed by atoms with Crippen molar-refractivity contribution in [3.8, 4) is 0 Å². The Labute approximate surface area is 178 Å². The van der Waals surface area contributed by atoms with E-state index in [4.69, 9.17) is 0 Å². The Hall–Kier alpha value is -2.64. The van der Waals surface area contributed by atoms with Gasteiger partial charge in [-0.1, -0.05) is 6.58 Å². The number of nitrogens with zero attached hydrogens (tertiary/aromatic N) is 4. The van der Waals surface area contributed by atoms with Crippen molar-refractivity contribution in [1.82, 2.24) is 24.9 Å². The van der Waals surface area contributed by atoms with Crippen molar-refractivity contribution >= 4 is 17.7 Å². The lowest BCUT2D eigenvalue weighted by Crippen LogP contribution is -2.45. The van der Waals surface area contributed by atoms with Crippen molar-refractivity contribution < 1.29 is 14.4 Å². The van der Waals surface area contributed by atoms with Gasteiger partial charge in [-0.3, -0.25) is 19.1 Å². The molecule has 8 nitrogen and oxygen atoms in total. The van der Waals surface area contributed by atoms with Gasteiger partial charge in [0.05, 0.1) is 12.2 Å². The van der Waals surface area contributed by atoms with Crippen LogP contribution < -0.4 is 5.32 Å². The number of rotatable bonds is 5. The lowest BCUT2D eigenvalue weighted by atomic mass is 9.92. The maximum absolute atomic E-state index is 12.8. The van der Waals surface area contributed by atoms with E-state index in [1.807, 2.05) is 45.1 Å². The minimum Gasteiger partial charge on any atom is -0.355 e. The van der Waals surface area contributed by atoms with Crippen LogP contribution in [0, 0.1) is 11.8 Å². The van der Waals surface area contributed by atoms with Crippen LogP contribution in [0.4, 0.5) is 0 Å². The van der Waals surface area contributed by atoms with Gasteiger partial charge in [0.2, 0.25) is 17.7 Å². The quantitative estimate of drug-likeness (QED) is 0.741. The van der Waals surface area contributed by atoms with Crippen molar-refractivity contribution in [1.29, 1.82) is 0 Å². The van der Waals surface area contributed by atoms with Gasteiger partial charge in [0.15, 0.2) is 0 Å². The van der Waals surface area contributed by atoms with E-state index in [-0.39, 0.29) is 41.1 Å². The highest BCUT2D eigenvalue weighted by atomic mass is 16.2. The average Bonchev–Trinajstić information content (AvgIpc) is 3.27. The lowest BCUT2D eigenvalue weighted by Gasteiger charge is -2.38. The van der Waals surface area contributed by atoms with Gasteiger partial charge in [0, 0.05) is 62.2 Å². The second-order valence-electron chi connectivity index (χ2n) is 9.34. The van der Waals surface area contributed by atoms with Gasteiger partial charge < -0.3 is 15.1 Å². The van der Waals surface area contributed by atoms with Gasteiger partial charge in [-0.2, -0.15) is 5.10 Å². The number of hydrogen-bond donors (Lipinski definition) is 1. The molecule has 1 N–H and O–H groups in total. The first kappa shape index (κ1) is 22.1. The van der Waals surface area contributed by atoms with Crippen molar-refractivity contribution in [3.63, 3.8) is 0 Å². The number of aryl methyl sites for hydroxylation is 1. The molecule has 3 heterocycles. The third kappa shape index (κ3) is 4.57. The van der Waals surface area contributed by atoms with E-state index in [2.05, 4.69) is 17.0 Å². The molecule has 8 heteroatoms. The van der Waals surface area contributed by atoms with Crippen molar-refractivity contribution in [3.05, 3.63) is 30.6 Å². The summed E-state index contributed by atoms with van der Waals surface area (Å²) < 4.78 is 1.74. The summed E-state index contributed by atoms with van der Waals surface area (Å²) in [7, 11) is 1.86. The molecule has 0 aliphatic carbocycles. The molecule has 2 aliphatic heterocycles. The van der Waals surface area contributed by atoms with Crippen LogP contribution in [0.15, 0.2) is 25.0 Å². The molecule has 0 aromatic carbocycles. The minimum absolute atomic E-state index is 0.00676. The summed E-state index contributed by atoms with van der Waals surface area (Å²) in [6, 6.07) is -0.112. The molecule has 2 saturated heterocycles. The summed E-state index contributed by atoms with van der Waals surface area (Å²) in [5.41, 5.74) is 0.676. The third-order valence-electron chi connectivity index (χ3n) is 6.11. The fourth-order valence-electron chi connectivity index (χ4n) is 4.66. The largest absolute Gasteiger partial charge is 0.355 e. The van der Waals surface area contributed by atoms with E-state index in [1.54, 1.807) is 9.58 Å². The molecule has 1 aromatic heterocycles. The molecule has 1 aromatic rings. The first-order valence-electron chi connectivity index (χ1n) is 10.6. The standard InChI is InChI=1S/C22H33N5O3/c1-6-18(28)26-9-7-15(8-10-26)21(30)23-12-16-11-19(29)27(22(2,3)4)20(16)17-13-24-25(5)14-17/h6,13-16,20H,1,7-12H2,2-5H3,(H,23,30)/t16-,20+/m1/s1. The molecule has 30 heavy (non-hydrogen) atoms. The van der Waals surface area contributed by atoms with Gasteiger partial charge in [-0.05, 0) is 39.7 Å². The number of nitrogens with one attached hydrogen (secondary N) is 1. The summed E-state index contributed by atoms with van der Waals surface area (Å²) in [5.74, 6) is -0.0853. The van der Waals surface area contributed by atoms with E-state index < -0.39 is 0 Å². The Morgan fingerprint density at radius 2 is 1.97 bits per heavy atom. The molecule has 0 saturated carbocycles. The Bertz CT molecular complexity index is 817. The Kier molecular flexibility index (Phi) is 6.33. The monoisotopic (exact) mass is 415 g/mol. The van der Waals surface area contributed by atoms with Crippen molar-refractivity contribution in [2.45, 2.75) is 51.6 Å². The van der Waals surface area contributed by atoms with Crippen LogP contribution in [0.2, 0.25) is 0 Å². The summed E-state index contributed by atoms with van der Waals surface area (Å²) in [5, 5.41) is 7.37. The molecule has 0 radical (unpaired) electrons. The highest BCUT2D eigenvalue weighted by Gasteiger charge is 2.46. The van der Waals surface area contributed by atoms with Crippen LogP contribution in [0.3, 0.4) is 0 Å². The molecule has 0 bridgehead atoms. The van der Waals surface area contributed by atoms with Crippen LogP contribution in [0.25, 0.3) is 0 Å². The van der Waals surface area contributed by atoms with E-state index in [1.165, 1.54) is 6.08 Å². The van der Waals surface area contributed by atoms with Crippen LogP contribution >= 0.6 is 0 Å². The normalized spacial score (nSPS) is 23.0. The number of carbonyl (C=O) groups excluding carboxylic acids is 3. The van der Waals surface area contributed by atoms with Gasteiger partial charge in [0.25, 0.3) is 0 Å². The molecule has 0 unspecified atom stereocenters. The Balaban J connectivity index is 1.65. The SMILES string of the molecule is C=CC(=O)N1CCC(C(=O)NC[C@H]2CC(=O)N(C(C)(C)C)[C@@H]2c2cnn(C)c2)CC1. The zero-order valence-corrected chi connectivity index (χ0v) is 18.4. The molecule has 2 fully saturated rings. The molecule has 2 aliphatic rings. The molecule has 0 spiro atoms. The van der Waals surface area contributed by atoms with E-state index in [9.17, 15) is 14.4 Å². The van der Waals surface area contributed by atoms with Crippen molar-refractivity contribution in [2.24, 2.45) is 18.9 Å². The van der Waals surface area contributed by atoms with Gasteiger partial charge in [0.1, 0.15) is 0 Å². The smallest absolute Gasteiger partial charge is 0.245 e. The van der Waals surface area contributed by atoms with Gasteiger partial charge in [-0.25, -0.2) is 0 Å². The number of likely N-dealkylation sites (tertiary alicyclic amines) is 2. The van der Waals surface area contributed by atoms with E-state index in [0.29, 0.717) is 38.9 Å². The second-order valence-corrected chi connectivity index (χ2v) is 9.34. The topological polar surface area (TPSA) is 87.5 Å². The first-order chi connectivity index (χ1) is 14.1. The van der Waals surface area contributed by atoms with Crippen LogP contribution in [0.1, 0.15) is 51.6 Å². The Morgan fingerprint density at radius 1 is 1.30 bits per heavy atom. The first-order valence-corrected chi connectivity index (χ1v) is 10.6. The van der Waals surface area contributed by atoms with Gasteiger partial charge >= 0.3 is 0 Å². The predicted molar refractivity (Wildman–Crippen MR) is 113 cm³/mol. The molecular formula is C22H33N5O3. The summed E-state index contributed by atoms with van der Waals surface area (Å²) >= 11 is 0. The number of amides is 3. The van der Waals surface area contributed by atoms with Crippen LogP contribution in [-0.4, -0.2) is 62.5 Å². The average molecular weight is 416 g/mol. The molecule has 2 atom stereocenters. The molecule has 3 rings (SSSR count). The third-order valence-corrected chi connectivity index (χ3v) is 6.11. The number of carbonyl (C=O) groups is 3. The molecular weight excluding hydrogens is 382 g/mol. The van der Waals surface area contributed by atoms with E-state index in [0.717, 1.165) is 5.56 Å². The summed E-state index contributed by atoms with van der Waals surface area (Å²) in [4.78, 5) is 41.0. The number of aromatic nitrogens is 2. The number of piperidine rings is 1. The van der Waals surface area contributed by atoms with Gasteiger partial charge in [-0.15, -0.1) is 0 Å². The lowest BCUT2D eigenvalue weighted by molar-refractivity contribution is -0.133. The zero-order valence-electron chi connectivity index (χ0n) is 18.4. The fourth-order valence-corrected chi connectivity index (χ4v) is 4.66. The number of hydrogen-bond acceptors (Lipinski definition) is 4. The maximum atomic E-state index is 12.8. The molecule has 164 valence electrons. The van der Waals surface area contributed by atoms with Crippen LogP contribution in [0.5, 0.6) is 0 Å². The second kappa shape index (κ2) is 8.62. The maximum Gasteiger partial charge on any atom is 0.245 e. The summed E-state index contributed by atoms with van der Waals surface area (Å²) in [6.45, 7) is 11.2. The van der Waals surface area contributed by atoms with E-state index >= 15 is 0 Å². The zero-order chi connectivity index (χ0) is 22.1. The van der Waals surface area contributed by atoms with Crippen LogP contribution in [-0.2, 0) is 21.4 Å². The molecule has 3 amide bonds. The highest BCUT2D eigenvalue weighted by molar-refractivity contribution is 5.87. The predicted octanol–water partition coefficient (Wildman–Crippen LogP) is 1.65. The fraction of sp³-hybridized carbons (Fsp3) is 0.636. The summed E-state index contributed by atoms with van der Waals surface area (Å²) in [6.07, 6.45) is 6.77. The minimum atomic E-state index is -0.319. The Morgan fingerprint density at radius 3 is 2.50 bits per heavy atom. The highest BCUT2D eigenvalue weighted by Crippen LogP contribution is 2.42.